The van der Waals surface area contributed by atoms with Gasteiger partial charge in [-0.3, -0.25) is 9.69 Å². The van der Waals surface area contributed by atoms with Crippen molar-refractivity contribution in [3.8, 4) is 0 Å². The van der Waals surface area contributed by atoms with Crippen LogP contribution in [0.3, 0.4) is 0 Å². The maximum atomic E-state index is 13.4. The van der Waals surface area contributed by atoms with Crippen molar-refractivity contribution >= 4 is 16.9 Å². The third-order valence-electron chi connectivity index (χ3n) is 6.47. The smallest absolute Gasteiger partial charge is 0.254 e. The molecular weight excluding hydrogens is 360 g/mol. The molecule has 0 N–H and O–H groups in total. The van der Waals surface area contributed by atoms with Crippen molar-refractivity contribution in [1.29, 1.82) is 0 Å². The van der Waals surface area contributed by atoms with E-state index in [2.05, 4.69) is 31.5 Å². The molecule has 1 atom stereocenters. The molecule has 2 fully saturated rings. The first kappa shape index (κ1) is 18.4. The number of nitrogens with zero attached hydrogens (tertiary/aromatic N) is 4. The second-order valence-corrected chi connectivity index (χ2v) is 8.31. The van der Waals surface area contributed by atoms with Gasteiger partial charge in [-0.15, -0.1) is 0 Å². The lowest BCUT2D eigenvalue weighted by molar-refractivity contribution is 0.0770. The van der Waals surface area contributed by atoms with Crippen LogP contribution in [0.25, 0.3) is 11.0 Å². The first-order chi connectivity index (χ1) is 14.3. The summed E-state index contributed by atoms with van der Waals surface area (Å²) in [5, 5.41) is 0. The Hall–Kier alpha value is -2.66. The lowest BCUT2D eigenvalue weighted by atomic mass is 10.1. The van der Waals surface area contributed by atoms with Gasteiger partial charge in [0, 0.05) is 31.2 Å². The van der Waals surface area contributed by atoms with Gasteiger partial charge in [-0.2, -0.15) is 0 Å². The van der Waals surface area contributed by atoms with Crippen LogP contribution < -0.4 is 0 Å². The molecule has 3 heterocycles. The molecule has 0 saturated carbocycles. The van der Waals surface area contributed by atoms with Crippen LogP contribution in [0.15, 0.2) is 54.9 Å². The molecule has 1 aromatic heterocycles. The molecule has 2 aromatic carbocycles. The average molecular weight is 389 g/mol. The molecule has 5 heteroatoms. The zero-order valence-electron chi connectivity index (χ0n) is 16.8. The molecule has 2 aliphatic rings. The summed E-state index contributed by atoms with van der Waals surface area (Å²) < 4.78 is 2.13. The van der Waals surface area contributed by atoms with Crippen molar-refractivity contribution in [3.05, 3.63) is 66.0 Å². The van der Waals surface area contributed by atoms with Gasteiger partial charge in [-0.05, 0) is 56.1 Å². The molecule has 150 valence electrons. The zero-order valence-corrected chi connectivity index (χ0v) is 16.8. The van der Waals surface area contributed by atoms with E-state index >= 15 is 0 Å². The van der Waals surface area contributed by atoms with E-state index in [1.165, 1.54) is 32.4 Å². The summed E-state index contributed by atoms with van der Waals surface area (Å²) in [6.45, 7) is 4.77. The number of aromatic nitrogens is 2. The maximum Gasteiger partial charge on any atom is 0.254 e. The Kier molecular flexibility index (Phi) is 5.06. The molecule has 1 amide bonds. The molecule has 0 aliphatic carbocycles. The van der Waals surface area contributed by atoms with Crippen LogP contribution in [-0.4, -0.2) is 57.5 Å². The van der Waals surface area contributed by atoms with Crippen molar-refractivity contribution < 1.29 is 4.79 Å². The van der Waals surface area contributed by atoms with E-state index in [1.54, 1.807) is 0 Å². The number of rotatable bonds is 4. The van der Waals surface area contributed by atoms with Crippen molar-refractivity contribution in [2.24, 2.45) is 0 Å². The fourth-order valence-corrected chi connectivity index (χ4v) is 4.86. The van der Waals surface area contributed by atoms with Gasteiger partial charge in [0.1, 0.15) is 0 Å². The number of fused-ring (bicyclic) bond motifs is 1. The van der Waals surface area contributed by atoms with Gasteiger partial charge in [-0.1, -0.05) is 36.8 Å². The number of hydrogen-bond donors (Lipinski definition) is 0. The van der Waals surface area contributed by atoms with Crippen molar-refractivity contribution in [2.75, 3.05) is 26.2 Å². The van der Waals surface area contributed by atoms with Crippen LogP contribution in [0.1, 0.15) is 41.6 Å². The normalized spacial score (nSPS) is 20.4. The highest BCUT2D eigenvalue weighted by atomic mass is 16.2. The highest BCUT2D eigenvalue weighted by Crippen LogP contribution is 2.23. The molecule has 0 bridgehead atoms. The Balaban J connectivity index is 1.34. The summed E-state index contributed by atoms with van der Waals surface area (Å²) in [7, 11) is 0. The van der Waals surface area contributed by atoms with E-state index in [0.29, 0.717) is 12.6 Å². The SMILES string of the molecule is O=C(c1ccccc1Cn1cnc2ccccc21)N1CCC(N2CCCCC2)C1. The monoisotopic (exact) mass is 388 g/mol. The van der Waals surface area contributed by atoms with Gasteiger partial charge in [-0.25, -0.2) is 4.98 Å². The molecular formula is C24H28N4O. The Morgan fingerprint density at radius 2 is 1.76 bits per heavy atom. The zero-order chi connectivity index (χ0) is 19.6. The van der Waals surface area contributed by atoms with Crippen LogP contribution in [0.5, 0.6) is 0 Å². The summed E-state index contributed by atoms with van der Waals surface area (Å²) >= 11 is 0. The van der Waals surface area contributed by atoms with Crippen LogP contribution >= 0.6 is 0 Å². The van der Waals surface area contributed by atoms with Crippen LogP contribution in [0, 0.1) is 0 Å². The Morgan fingerprint density at radius 3 is 2.66 bits per heavy atom. The average Bonchev–Trinajstić information content (AvgIpc) is 3.42. The topological polar surface area (TPSA) is 41.4 Å². The van der Waals surface area contributed by atoms with Crippen molar-refractivity contribution in [3.63, 3.8) is 0 Å². The Morgan fingerprint density at radius 1 is 0.966 bits per heavy atom. The van der Waals surface area contributed by atoms with E-state index in [9.17, 15) is 4.79 Å². The molecule has 0 radical (unpaired) electrons. The van der Waals surface area contributed by atoms with Crippen LogP contribution in [0.2, 0.25) is 0 Å². The van der Waals surface area contributed by atoms with Gasteiger partial charge in [0.25, 0.3) is 5.91 Å². The first-order valence-electron chi connectivity index (χ1n) is 10.8. The minimum Gasteiger partial charge on any atom is -0.337 e. The molecule has 29 heavy (non-hydrogen) atoms. The van der Waals surface area contributed by atoms with Gasteiger partial charge < -0.3 is 9.47 Å². The molecule has 2 saturated heterocycles. The molecule has 5 nitrogen and oxygen atoms in total. The highest BCUT2D eigenvalue weighted by molar-refractivity contribution is 5.96. The minimum atomic E-state index is 0.171. The third kappa shape index (κ3) is 3.67. The number of likely N-dealkylation sites (tertiary alicyclic amines) is 2. The minimum absolute atomic E-state index is 0.171. The fraction of sp³-hybridized carbons (Fsp3) is 0.417. The number of benzene rings is 2. The standard InChI is InChI=1S/C24H28N4O/c29-24(27-15-12-20(17-27)26-13-6-1-7-14-26)21-9-3-2-8-19(21)16-28-18-25-22-10-4-5-11-23(22)28/h2-5,8-11,18,20H,1,6-7,12-17H2. The van der Waals surface area contributed by atoms with Crippen LogP contribution in [-0.2, 0) is 6.54 Å². The number of amides is 1. The van der Waals surface area contributed by atoms with Crippen LogP contribution in [0.4, 0.5) is 0 Å². The molecule has 1 unspecified atom stereocenters. The number of hydrogen-bond acceptors (Lipinski definition) is 3. The van der Waals surface area contributed by atoms with E-state index in [4.69, 9.17) is 0 Å². The number of carbonyl (C=O) groups excluding carboxylic acids is 1. The van der Waals surface area contributed by atoms with Gasteiger partial charge in [0.05, 0.1) is 17.4 Å². The maximum absolute atomic E-state index is 13.4. The third-order valence-corrected chi connectivity index (χ3v) is 6.47. The predicted molar refractivity (Wildman–Crippen MR) is 115 cm³/mol. The van der Waals surface area contributed by atoms with E-state index in [1.807, 2.05) is 42.7 Å². The number of para-hydroxylation sites is 2. The van der Waals surface area contributed by atoms with Crippen molar-refractivity contribution in [2.45, 2.75) is 38.3 Å². The fourth-order valence-electron chi connectivity index (χ4n) is 4.86. The quantitative estimate of drug-likeness (QED) is 0.683. The van der Waals surface area contributed by atoms with Gasteiger partial charge in [0.15, 0.2) is 0 Å². The van der Waals surface area contributed by atoms with E-state index in [-0.39, 0.29) is 5.91 Å². The summed E-state index contributed by atoms with van der Waals surface area (Å²) in [5.41, 5.74) is 3.97. The molecule has 5 rings (SSSR count). The number of piperidine rings is 1. The van der Waals surface area contributed by atoms with Gasteiger partial charge >= 0.3 is 0 Å². The molecule has 3 aromatic rings. The second-order valence-electron chi connectivity index (χ2n) is 8.31. The lowest BCUT2D eigenvalue weighted by Gasteiger charge is -2.32. The highest BCUT2D eigenvalue weighted by Gasteiger charge is 2.32. The summed E-state index contributed by atoms with van der Waals surface area (Å²) in [6, 6.07) is 16.7. The van der Waals surface area contributed by atoms with E-state index in [0.717, 1.165) is 41.7 Å². The van der Waals surface area contributed by atoms with Gasteiger partial charge in [0.2, 0.25) is 0 Å². The Labute approximate surface area is 171 Å². The largest absolute Gasteiger partial charge is 0.337 e. The predicted octanol–water partition coefficient (Wildman–Crippen LogP) is 3.79. The second kappa shape index (κ2) is 7.99. The Bertz CT molecular complexity index is 1000. The summed E-state index contributed by atoms with van der Waals surface area (Å²) in [5.74, 6) is 0.171. The summed E-state index contributed by atoms with van der Waals surface area (Å²) in [4.78, 5) is 22.5. The molecule has 0 spiro atoms. The lowest BCUT2D eigenvalue weighted by Crippen LogP contribution is -2.41. The first-order valence-corrected chi connectivity index (χ1v) is 10.8. The van der Waals surface area contributed by atoms with E-state index < -0.39 is 0 Å². The number of carbonyl (C=O) groups is 1. The summed E-state index contributed by atoms with van der Waals surface area (Å²) in [6.07, 6.45) is 6.91. The number of imidazole rings is 1. The van der Waals surface area contributed by atoms with Crippen molar-refractivity contribution in [1.82, 2.24) is 19.4 Å². The molecule has 2 aliphatic heterocycles.